The van der Waals surface area contributed by atoms with E-state index in [1.165, 1.54) is 12.8 Å². The molecule has 1 saturated carbocycles. The predicted molar refractivity (Wildman–Crippen MR) is 54.7 cm³/mol. The first-order valence-corrected chi connectivity index (χ1v) is 5.13. The summed E-state index contributed by atoms with van der Waals surface area (Å²) >= 11 is 0. The molecule has 0 aromatic heterocycles. The smallest absolute Gasteiger partial charge is 0.422 e. The van der Waals surface area contributed by atoms with Gasteiger partial charge in [0, 0.05) is 6.04 Å². The van der Waals surface area contributed by atoms with Gasteiger partial charge in [-0.25, -0.2) is 10.2 Å². The van der Waals surface area contributed by atoms with Crippen LogP contribution in [0, 0.1) is 5.92 Å². The number of ether oxygens (including phenoxy) is 1. The molecule has 0 heterocycles. The van der Waals surface area contributed by atoms with Crippen LogP contribution < -0.4 is 10.9 Å². The molecule has 0 saturated heterocycles. The molecule has 4 nitrogen and oxygen atoms in total. The van der Waals surface area contributed by atoms with E-state index in [0.29, 0.717) is 12.0 Å². The quantitative estimate of drug-likeness (QED) is 0.683. The van der Waals surface area contributed by atoms with Crippen LogP contribution in [0.3, 0.4) is 0 Å². The largest absolute Gasteiger partial charge is 0.443 e. The zero-order chi connectivity index (χ0) is 10.8. The Kier molecular flexibility index (Phi) is 3.37. The van der Waals surface area contributed by atoms with Gasteiger partial charge in [0.05, 0.1) is 0 Å². The molecule has 14 heavy (non-hydrogen) atoms. The Labute approximate surface area is 85.4 Å². The summed E-state index contributed by atoms with van der Waals surface area (Å²) in [6.07, 6.45) is 2.10. The number of nitrogens with one attached hydrogen (secondary N) is 2. The lowest BCUT2D eigenvalue weighted by atomic mass is 10.2. The Morgan fingerprint density at radius 1 is 1.43 bits per heavy atom. The molecule has 1 fully saturated rings. The Bertz CT molecular complexity index is 207. The molecule has 1 aliphatic rings. The molecule has 0 unspecified atom stereocenters. The molecule has 1 atom stereocenters. The minimum absolute atomic E-state index is 0.336. The Hall–Kier alpha value is -0.770. The van der Waals surface area contributed by atoms with Gasteiger partial charge in [0.2, 0.25) is 0 Å². The van der Waals surface area contributed by atoms with Crippen LogP contribution in [0.5, 0.6) is 0 Å². The fourth-order valence-corrected chi connectivity index (χ4v) is 1.19. The van der Waals surface area contributed by atoms with Gasteiger partial charge in [-0.05, 0) is 46.5 Å². The van der Waals surface area contributed by atoms with Gasteiger partial charge >= 0.3 is 6.09 Å². The molecule has 1 aliphatic carbocycles. The van der Waals surface area contributed by atoms with E-state index in [1.54, 1.807) is 0 Å². The number of hydrogen-bond donors (Lipinski definition) is 2. The van der Waals surface area contributed by atoms with Gasteiger partial charge < -0.3 is 4.74 Å². The van der Waals surface area contributed by atoms with Gasteiger partial charge in [0.25, 0.3) is 0 Å². The molecule has 0 aromatic carbocycles. The monoisotopic (exact) mass is 200 g/mol. The van der Waals surface area contributed by atoms with Crippen molar-refractivity contribution in [3.8, 4) is 0 Å². The maximum Gasteiger partial charge on any atom is 0.422 e. The van der Waals surface area contributed by atoms with Crippen molar-refractivity contribution in [2.24, 2.45) is 5.92 Å². The normalized spacial score (nSPS) is 18.9. The van der Waals surface area contributed by atoms with Gasteiger partial charge in [-0.15, -0.1) is 0 Å². The third kappa shape index (κ3) is 4.46. The van der Waals surface area contributed by atoms with Crippen LogP contribution in [0.2, 0.25) is 0 Å². The van der Waals surface area contributed by atoms with Crippen LogP contribution in [0.4, 0.5) is 4.79 Å². The highest BCUT2D eigenvalue weighted by atomic mass is 16.6. The van der Waals surface area contributed by atoms with Crippen LogP contribution in [0.15, 0.2) is 0 Å². The maximum absolute atomic E-state index is 11.2. The number of amides is 1. The van der Waals surface area contributed by atoms with Crippen LogP contribution in [-0.4, -0.2) is 17.7 Å². The van der Waals surface area contributed by atoms with E-state index in [1.807, 2.05) is 20.8 Å². The molecule has 82 valence electrons. The summed E-state index contributed by atoms with van der Waals surface area (Å²) in [7, 11) is 0. The highest BCUT2D eigenvalue weighted by molar-refractivity contribution is 5.67. The molecule has 4 heteroatoms. The van der Waals surface area contributed by atoms with Crippen LogP contribution in [0.25, 0.3) is 0 Å². The molecule has 1 rings (SSSR count). The van der Waals surface area contributed by atoms with Crippen molar-refractivity contribution in [3.05, 3.63) is 0 Å². The van der Waals surface area contributed by atoms with Gasteiger partial charge in [0.15, 0.2) is 0 Å². The third-order valence-corrected chi connectivity index (χ3v) is 2.13. The lowest BCUT2D eigenvalue weighted by Crippen LogP contribution is -2.46. The van der Waals surface area contributed by atoms with Crippen molar-refractivity contribution in [1.29, 1.82) is 0 Å². The fourth-order valence-electron chi connectivity index (χ4n) is 1.19. The molecule has 1 amide bonds. The van der Waals surface area contributed by atoms with Gasteiger partial charge in [-0.1, -0.05) is 0 Å². The van der Waals surface area contributed by atoms with E-state index in [4.69, 9.17) is 4.74 Å². The van der Waals surface area contributed by atoms with E-state index in [9.17, 15) is 4.79 Å². The fraction of sp³-hybridized carbons (Fsp3) is 0.900. The Morgan fingerprint density at radius 3 is 2.43 bits per heavy atom. The summed E-state index contributed by atoms with van der Waals surface area (Å²) < 4.78 is 5.08. The zero-order valence-corrected chi connectivity index (χ0v) is 9.39. The molecule has 0 spiro atoms. The summed E-state index contributed by atoms with van der Waals surface area (Å²) in [4.78, 5) is 11.2. The number of hydrazine groups is 1. The lowest BCUT2D eigenvalue weighted by Gasteiger charge is -2.21. The predicted octanol–water partition coefficient (Wildman–Crippen LogP) is 1.81. The SMILES string of the molecule is C[C@H](NNC(=O)OC(C)(C)C)C1CC1. The highest BCUT2D eigenvalue weighted by Gasteiger charge is 2.28. The van der Waals surface area contributed by atoms with Gasteiger partial charge in [0.1, 0.15) is 5.60 Å². The third-order valence-electron chi connectivity index (χ3n) is 2.13. The molecule has 0 radical (unpaired) electrons. The maximum atomic E-state index is 11.2. The summed E-state index contributed by atoms with van der Waals surface area (Å²) in [6, 6.07) is 0.336. The van der Waals surface area contributed by atoms with Crippen LogP contribution in [0.1, 0.15) is 40.5 Å². The lowest BCUT2D eigenvalue weighted by molar-refractivity contribution is 0.0487. The average molecular weight is 200 g/mol. The van der Waals surface area contributed by atoms with E-state index in [-0.39, 0.29) is 0 Å². The topological polar surface area (TPSA) is 50.4 Å². The van der Waals surface area contributed by atoms with Crippen molar-refractivity contribution in [2.45, 2.75) is 52.2 Å². The minimum Gasteiger partial charge on any atom is -0.443 e. The van der Waals surface area contributed by atoms with E-state index in [0.717, 1.165) is 0 Å². The number of carbonyl (C=O) groups excluding carboxylic acids is 1. The molecule has 2 N–H and O–H groups in total. The summed E-state index contributed by atoms with van der Waals surface area (Å²) in [5.41, 5.74) is 5.06. The van der Waals surface area contributed by atoms with Crippen molar-refractivity contribution in [1.82, 2.24) is 10.9 Å². The van der Waals surface area contributed by atoms with E-state index < -0.39 is 11.7 Å². The van der Waals surface area contributed by atoms with Crippen LogP contribution in [-0.2, 0) is 4.74 Å². The van der Waals surface area contributed by atoms with E-state index >= 15 is 0 Å². The summed E-state index contributed by atoms with van der Waals surface area (Å²) in [6.45, 7) is 7.60. The van der Waals surface area contributed by atoms with Crippen molar-refractivity contribution < 1.29 is 9.53 Å². The first kappa shape index (κ1) is 11.3. The summed E-state index contributed by atoms with van der Waals surface area (Å²) in [5, 5.41) is 0. The number of carbonyl (C=O) groups is 1. The number of hydrogen-bond acceptors (Lipinski definition) is 3. The second-order valence-corrected chi connectivity index (χ2v) is 4.90. The standard InChI is InChI=1S/C10H20N2O2/c1-7(8-5-6-8)11-12-9(13)14-10(2,3)4/h7-8,11H,5-6H2,1-4H3,(H,12,13)/t7-/m0/s1. The molecule has 0 aliphatic heterocycles. The molecule has 0 bridgehead atoms. The first-order valence-electron chi connectivity index (χ1n) is 5.13. The summed E-state index contributed by atoms with van der Waals surface area (Å²) in [5.74, 6) is 0.713. The van der Waals surface area contributed by atoms with Gasteiger partial charge in [-0.2, -0.15) is 0 Å². The van der Waals surface area contributed by atoms with Crippen molar-refractivity contribution >= 4 is 6.09 Å². The molecular formula is C10H20N2O2. The van der Waals surface area contributed by atoms with Crippen molar-refractivity contribution in [2.75, 3.05) is 0 Å². The molecular weight excluding hydrogens is 180 g/mol. The average Bonchev–Trinajstić information content (AvgIpc) is 2.78. The second kappa shape index (κ2) is 4.17. The molecule has 0 aromatic rings. The van der Waals surface area contributed by atoms with E-state index in [2.05, 4.69) is 17.8 Å². The Morgan fingerprint density at radius 2 is 2.00 bits per heavy atom. The highest BCUT2D eigenvalue weighted by Crippen LogP contribution is 2.31. The zero-order valence-electron chi connectivity index (χ0n) is 9.39. The second-order valence-electron chi connectivity index (χ2n) is 4.90. The van der Waals surface area contributed by atoms with Gasteiger partial charge in [-0.3, -0.25) is 5.43 Å². The first-order chi connectivity index (χ1) is 6.38. The Balaban J connectivity index is 2.14. The number of rotatable bonds is 3. The van der Waals surface area contributed by atoms with Crippen LogP contribution >= 0.6 is 0 Å². The van der Waals surface area contributed by atoms with Crippen molar-refractivity contribution in [3.63, 3.8) is 0 Å². The minimum atomic E-state index is -0.436.